The van der Waals surface area contributed by atoms with Crippen LogP contribution < -0.4 is 16.0 Å². The summed E-state index contributed by atoms with van der Waals surface area (Å²) in [6, 6.07) is 5.02. The highest BCUT2D eigenvalue weighted by Gasteiger charge is 2.12. The number of nitrogens with zero attached hydrogens (tertiary/aromatic N) is 1. The molecule has 0 aliphatic carbocycles. The first-order chi connectivity index (χ1) is 11.6. The second kappa shape index (κ2) is 9.24. The maximum absolute atomic E-state index is 12.0. The zero-order valence-electron chi connectivity index (χ0n) is 14.4. The zero-order valence-corrected chi connectivity index (χ0v) is 14.4. The number of morpholine rings is 1. The van der Waals surface area contributed by atoms with E-state index in [4.69, 9.17) is 4.74 Å². The molecule has 3 amide bonds. The van der Waals surface area contributed by atoms with Gasteiger partial charge in [-0.3, -0.25) is 9.69 Å². The molecule has 0 atom stereocenters. The van der Waals surface area contributed by atoms with Crippen LogP contribution in [0.3, 0.4) is 0 Å². The fourth-order valence-corrected chi connectivity index (χ4v) is 2.65. The number of ether oxygens (including phenoxy) is 1. The van der Waals surface area contributed by atoms with Gasteiger partial charge in [-0.2, -0.15) is 0 Å². The minimum absolute atomic E-state index is 0.165. The highest BCUT2D eigenvalue weighted by atomic mass is 16.5. The fraction of sp³-hybridized carbons (Fsp3) is 0.529. The van der Waals surface area contributed by atoms with E-state index in [2.05, 4.69) is 20.9 Å². The van der Waals surface area contributed by atoms with Crippen LogP contribution in [0.2, 0.25) is 0 Å². The molecule has 1 aromatic carbocycles. The lowest BCUT2D eigenvalue weighted by molar-refractivity contribution is 0.0375. The van der Waals surface area contributed by atoms with Gasteiger partial charge in [-0.25, -0.2) is 4.79 Å². The number of carbonyl (C=O) groups excluding carboxylic acids is 2. The Morgan fingerprint density at radius 1 is 1.25 bits per heavy atom. The molecule has 0 spiro atoms. The molecule has 0 unspecified atom stereocenters. The van der Waals surface area contributed by atoms with Crippen molar-refractivity contribution in [2.45, 2.75) is 13.3 Å². The molecule has 0 aromatic heterocycles. The topological polar surface area (TPSA) is 82.7 Å². The van der Waals surface area contributed by atoms with Crippen LogP contribution in [-0.2, 0) is 4.74 Å². The number of hydrogen-bond acceptors (Lipinski definition) is 4. The highest BCUT2D eigenvalue weighted by molar-refractivity contribution is 5.98. The lowest BCUT2D eigenvalue weighted by atomic mass is 10.1. The molecule has 2 rings (SSSR count). The molecule has 0 saturated carbocycles. The summed E-state index contributed by atoms with van der Waals surface area (Å²) in [7, 11) is 1.59. The minimum atomic E-state index is -0.255. The summed E-state index contributed by atoms with van der Waals surface area (Å²) in [6.07, 6.45) is 0.894. The molecule has 24 heavy (non-hydrogen) atoms. The standard InChI is InChI=1S/C17H26N4O3/c1-13-14(16(22)18-2)5-3-6-15(13)20-17(23)19-7-4-8-21-9-11-24-12-10-21/h3,5-6H,4,7-12H2,1-2H3,(H,18,22)(H2,19,20,23). The Morgan fingerprint density at radius 3 is 2.71 bits per heavy atom. The number of hydrogen-bond donors (Lipinski definition) is 3. The van der Waals surface area contributed by atoms with Crippen molar-refractivity contribution in [1.29, 1.82) is 0 Å². The van der Waals surface area contributed by atoms with Gasteiger partial charge in [0.1, 0.15) is 0 Å². The number of carbonyl (C=O) groups is 2. The molecule has 1 aromatic rings. The van der Waals surface area contributed by atoms with E-state index in [1.165, 1.54) is 0 Å². The van der Waals surface area contributed by atoms with Crippen molar-refractivity contribution < 1.29 is 14.3 Å². The molecule has 0 bridgehead atoms. The molecule has 1 aliphatic rings. The summed E-state index contributed by atoms with van der Waals surface area (Å²) in [5, 5.41) is 8.25. The first-order valence-electron chi connectivity index (χ1n) is 8.28. The van der Waals surface area contributed by atoms with Crippen LogP contribution in [0.5, 0.6) is 0 Å². The first-order valence-corrected chi connectivity index (χ1v) is 8.28. The monoisotopic (exact) mass is 334 g/mol. The van der Waals surface area contributed by atoms with Crippen LogP contribution in [0.25, 0.3) is 0 Å². The van der Waals surface area contributed by atoms with Gasteiger partial charge >= 0.3 is 6.03 Å². The Balaban J connectivity index is 1.76. The average molecular weight is 334 g/mol. The van der Waals surface area contributed by atoms with Gasteiger partial charge in [0.25, 0.3) is 5.91 Å². The van der Waals surface area contributed by atoms with Crippen molar-refractivity contribution in [3.63, 3.8) is 0 Å². The molecule has 1 fully saturated rings. The Morgan fingerprint density at radius 2 is 2.00 bits per heavy atom. The van der Waals surface area contributed by atoms with E-state index in [-0.39, 0.29) is 11.9 Å². The van der Waals surface area contributed by atoms with E-state index < -0.39 is 0 Å². The van der Waals surface area contributed by atoms with Gasteiger partial charge in [0.2, 0.25) is 0 Å². The summed E-state index contributed by atoms with van der Waals surface area (Å²) >= 11 is 0. The number of nitrogens with one attached hydrogen (secondary N) is 3. The van der Waals surface area contributed by atoms with Crippen LogP contribution in [0.4, 0.5) is 10.5 Å². The van der Waals surface area contributed by atoms with Crippen LogP contribution in [-0.4, -0.2) is 63.3 Å². The predicted octanol–water partition coefficient (Wildman–Crippen LogP) is 1.20. The third-order valence-electron chi connectivity index (χ3n) is 4.09. The zero-order chi connectivity index (χ0) is 17.4. The van der Waals surface area contributed by atoms with E-state index in [1.807, 2.05) is 6.92 Å². The number of benzene rings is 1. The van der Waals surface area contributed by atoms with Crippen LogP contribution in [0.15, 0.2) is 18.2 Å². The van der Waals surface area contributed by atoms with Crippen LogP contribution in [0, 0.1) is 6.92 Å². The maximum atomic E-state index is 12.0. The molecular formula is C17H26N4O3. The molecule has 3 N–H and O–H groups in total. The van der Waals surface area contributed by atoms with E-state index in [9.17, 15) is 9.59 Å². The van der Waals surface area contributed by atoms with Crippen LogP contribution in [0.1, 0.15) is 22.3 Å². The van der Waals surface area contributed by atoms with Gasteiger partial charge in [0, 0.05) is 37.9 Å². The van der Waals surface area contributed by atoms with Gasteiger partial charge in [0.05, 0.1) is 13.2 Å². The van der Waals surface area contributed by atoms with Crippen molar-refractivity contribution in [1.82, 2.24) is 15.5 Å². The van der Waals surface area contributed by atoms with E-state index in [0.29, 0.717) is 17.8 Å². The summed E-state index contributed by atoms with van der Waals surface area (Å²) < 4.78 is 5.31. The number of anilines is 1. The summed E-state index contributed by atoms with van der Waals surface area (Å²) in [5.41, 5.74) is 1.95. The van der Waals surface area contributed by atoms with E-state index >= 15 is 0 Å². The Hall–Kier alpha value is -2.12. The number of urea groups is 1. The smallest absolute Gasteiger partial charge is 0.319 e. The van der Waals surface area contributed by atoms with Gasteiger partial charge < -0.3 is 20.7 Å². The normalized spacial score (nSPS) is 14.9. The van der Waals surface area contributed by atoms with Crippen molar-refractivity contribution in [3.8, 4) is 0 Å². The van der Waals surface area contributed by atoms with Gasteiger partial charge in [-0.15, -0.1) is 0 Å². The lowest BCUT2D eigenvalue weighted by Crippen LogP contribution is -2.38. The third-order valence-corrected chi connectivity index (χ3v) is 4.09. The average Bonchev–Trinajstić information content (AvgIpc) is 2.61. The molecule has 1 heterocycles. The minimum Gasteiger partial charge on any atom is -0.379 e. The van der Waals surface area contributed by atoms with Crippen LogP contribution >= 0.6 is 0 Å². The first kappa shape index (κ1) is 18.2. The molecule has 1 saturated heterocycles. The summed E-state index contributed by atoms with van der Waals surface area (Å²) in [4.78, 5) is 26.1. The third kappa shape index (κ3) is 5.21. The van der Waals surface area contributed by atoms with Crippen molar-refractivity contribution in [3.05, 3.63) is 29.3 Å². The molecule has 1 aliphatic heterocycles. The summed E-state index contributed by atoms with van der Waals surface area (Å²) in [6.45, 7) is 6.86. The largest absolute Gasteiger partial charge is 0.379 e. The Labute approximate surface area is 142 Å². The second-order valence-electron chi connectivity index (χ2n) is 5.75. The van der Waals surface area contributed by atoms with Gasteiger partial charge in [-0.1, -0.05) is 6.07 Å². The van der Waals surface area contributed by atoms with Crippen molar-refractivity contribution >= 4 is 17.6 Å². The van der Waals surface area contributed by atoms with Gasteiger partial charge in [-0.05, 0) is 37.6 Å². The number of amides is 3. The molecule has 0 radical (unpaired) electrons. The maximum Gasteiger partial charge on any atom is 0.319 e. The molecule has 7 heteroatoms. The van der Waals surface area contributed by atoms with Gasteiger partial charge in [0.15, 0.2) is 0 Å². The molecule has 7 nitrogen and oxygen atoms in total. The Bertz CT molecular complexity index is 571. The fourth-order valence-electron chi connectivity index (χ4n) is 2.65. The predicted molar refractivity (Wildman–Crippen MR) is 93.5 cm³/mol. The highest BCUT2D eigenvalue weighted by Crippen LogP contribution is 2.18. The van der Waals surface area contributed by atoms with E-state index in [0.717, 1.165) is 44.8 Å². The Kier molecular flexibility index (Phi) is 7.02. The van der Waals surface area contributed by atoms with E-state index in [1.54, 1.807) is 25.2 Å². The molecule has 132 valence electrons. The summed E-state index contributed by atoms with van der Waals surface area (Å²) in [5.74, 6) is -0.165. The quantitative estimate of drug-likeness (QED) is 0.683. The second-order valence-corrected chi connectivity index (χ2v) is 5.75. The molecular weight excluding hydrogens is 308 g/mol. The van der Waals surface area contributed by atoms with Crippen molar-refractivity contribution in [2.24, 2.45) is 0 Å². The number of rotatable bonds is 6. The SMILES string of the molecule is CNC(=O)c1cccc(NC(=O)NCCCN2CCOCC2)c1C. The lowest BCUT2D eigenvalue weighted by Gasteiger charge is -2.26. The van der Waals surface area contributed by atoms with Crippen molar-refractivity contribution in [2.75, 3.05) is 51.8 Å².